The summed E-state index contributed by atoms with van der Waals surface area (Å²) in [4.78, 5) is 12.8. The molecule has 5 heteroatoms. The van der Waals surface area contributed by atoms with E-state index in [0.29, 0.717) is 0 Å². The van der Waals surface area contributed by atoms with E-state index >= 15 is 0 Å². The third kappa shape index (κ3) is 3.71. The Morgan fingerprint density at radius 3 is 2.00 bits per heavy atom. The second-order valence-electron chi connectivity index (χ2n) is 6.77. The van der Waals surface area contributed by atoms with E-state index < -0.39 is 7.26 Å². The summed E-state index contributed by atoms with van der Waals surface area (Å²) in [6, 6.07) is 3.81. The fourth-order valence-electron chi connectivity index (χ4n) is 3.05. The van der Waals surface area contributed by atoms with E-state index in [4.69, 9.17) is 11.6 Å². The van der Waals surface area contributed by atoms with E-state index in [1.165, 1.54) is 6.42 Å². The van der Waals surface area contributed by atoms with Crippen LogP contribution in [0.2, 0.25) is 5.02 Å². The Morgan fingerprint density at radius 1 is 1.19 bits per heavy atom. The molecule has 1 amide bonds. The largest absolute Gasteiger partial charge is 0.322 e. The number of hydrogen-bond donors (Lipinski definition) is 1. The van der Waals surface area contributed by atoms with Gasteiger partial charge >= 0.3 is 0 Å². The molecule has 1 radical (unpaired) electrons. The minimum absolute atomic E-state index is 0. The van der Waals surface area contributed by atoms with Crippen LogP contribution in [-0.2, 0) is 37.5 Å². The third-order valence-electron chi connectivity index (χ3n) is 4.62. The van der Waals surface area contributed by atoms with Crippen LogP contribution in [0, 0.1) is 13.8 Å². The van der Waals surface area contributed by atoms with Gasteiger partial charge in [-0.2, -0.15) is 0 Å². The summed E-state index contributed by atoms with van der Waals surface area (Å²) in [5, 5.41) is 3.79. The van der Waals surface area contributed by atoms with Crippen LogP contribution in [0.4, 0.5) is 5.69 Å². The van der Waals surface area contributed by atoms with Crippen LogP contribution in [0.3, 0.4) is 0 Å². The molecule has 113 valence electrons. The van der Waals surface area contributed by atoms with E-state index in [1.54, 1.807) is 0 Å². The first-order chi connectivity index (χ1) is 9.17. The molecule has 1 aromatic carbocycles. The molecule has 2 nitrogen and oxygen atoms in total. The van der Waals surface area contributed by atoms with Crippen molar-refractivity contribution in [2.45, 2.75) is 38.3 Å². The molecule has 0 heterocycles. The summed E-state index contributed by atoms with van der Waals surface area (Å²) in [5.74, 6) is 0.207. The maximum Gasteiger partial charge on any atom is 0.268 e. The first kappa shape index (κ1) is 19.6. The van der Waals surface area contributed by atoms with Crippen LogP contribution in [0.25, 0.3) is 0 Å². The van der Waals surface area contributed by atoms with Crippen molar-refractivity contribution in [3.8, 4) is 0 Å². The van der Waals surface area contributed by atoms with Gasteiger partial charge in [0.1, 0.15) is 0 Å². The SMILES string of the molecule is Cc1cc(Cl)cc(C)c1NC(=O)C1([P+](C)(C)C)CCC1.[Y]. The number of hydrogen-bond acceptors (Lipinski definition) is 1. The number of halogens is 1. The first-order valence-electron chi connectivity index (χ1n) is 7.07. The molecular weight excluding hydrogens is 378 g/mol. The average Bonchev–Trinajstić information content (AvgIpc) is 2.19. The molecule has 0 unspecified atom stereocenters. The second-order valence-corrected chi connectivity index (χ2v) is 12.1. The van der Waals surface area contributed by atoms with Gasteiger partial charge in [0.2, 0.25) is 0 Å². The van der Waals surface area contributed by atoms with Gasteiger partial charge in [-0.15, -0.1) is 0 Å². The Morgan fingerprint density at radius 2 is 1.67 bits per heavy atom. The minimum Gasteiger partial charge on any atom is -0.322 e. The molecule has 0 bridgehead atoms. The van der Waals surface area contributed by atoms with Crippen LogP contribution in [-0.4, -0.2) is 31.1 Å². The van der Waals surface area contributed by atoms with E-state index in [-0.39, 0.29) is 43.8 Å². The molecule has 1 aliphatic rings. The van der Waals surface area contributed by atoms with Gasteiger partial charge in [0.05, 0.1) is 0 Å². The Bertz CT molecular complexity index is 527. The fourth-order valence-corrected chi connectivity index (χ4v) is 5.70. The van der Waals surface area contributed by atoms with Crippen LogP contribution < -0.4 is 5.32 Å². The number of nitrogens with one attached hydrogen (secondary N) is 1. The summed E-state index contributed by atoms with van der Waals surface area (Å²) in [6.45, 7) is 10.8. The number of carbonyl (C=O) groups is 1. The van der Waals surface area contributed by atoms with Crippen molar-refractivity contribution < 1.29 is 37.5 Å². The van der Waals surface area contributed by atoms with Crippen molar-refractivity contribution in [3.63, 3.8) is 0 Å². The van der Waals surface area contributed by atoms with Gasteiger partial charge in [-0.05, 0) is 56.4 Å². The molecule has 1 aliphatic carbocycles. The maximum absolute atomic E-state index is 12.8. The van der Waals surface area contributed by atoms with Gasteiger partial charge < -0.3 is 5.32 Å². The average molecular weight is 402 g/mol. The number of rotatable bonds is 3. The third-order valence-corrected chi connectivity index (χ3v) is 8.06. The van der Waals surface area contributed by atoms with E-state index in [0.717, 1.165) is 34.7 Å². The number of amides is 1. The summed E-state index contributed by atoms with van der Waals surface area (Å²) in [5.41, 5.74) is 2.99. The van der Waals surface area contributed by atoms with E-state index in [2.05, 4.69) is 25.3 Å². The van der Waals surface area contributed by atoms with Crippen molar-refractivity contribution >= 4 is 30.5 Å². The van der Waals surface area contributed by atoms with Gasteiger partial charge in [-0.25, -0.2) is 0 Å². The van der Waals surface area contributed by atoms with Crippen LogP contribution in [0.1, 0.15) is 30.4 Å². The van der Waals surface area contributed by atoms with Gasteiger partial charge in [-0.1, -0.05) is 11.6 Å². The molecule has 1 aromatic rings. The summed E-state index contributed by atoms with van der Waals surface area (Å²) < 4.78 is 0. The molecule has 21 heavy (non-hydrogen) atoms. The fraction of sp³-hybridized carbons (Fsp3) is 0.562. The minimum atomic E-state index is -1.22. The predicted octanol–water partition coefficient (Wildman–Crippen LogP) is 4.72. The molecule has 0 aromatic heterocycles. The van der Waals surface area contributed by atoms with Crippen molar-refractivity contribution in [2.75, 3.05) is 25.3 Å². The Hall–Kier alpha value is 0.514. The Kier molecular flexibility index (Phi) is 6.48. The zero-order valence-corrected chi connectivity index (χ0v) is 18.1. The quantitative estimate of drug-likeness (QED) is 0.729. The van der Waals surface area contributed by atoms with Crippen LogP contribution in [0.5, 0.6) is 0 Å². The van der Waals surface area contributed by atoms with E-state index in [9.17, 15) is 4.79 Å². The standard InChI is InChI=1S/C16H23ClNOP.Y/c1-11-9-13(17)10-12(2)14(11)18-15(19)16(7-6-8-16)20(3,4)5;/h9-10H,6-8H2,1-5H3;/p+1. The van der Waals surface area contributed by atoms with Crippen LogP contribution in [0.15, 0.2) is 12.1 Å². The molecule has 0 spiro atoms. The molecule has 1 fully saturated rings. The van der Waals surface area contributed by atoms with Gasteiger partial charge in [0, 0.05) is 70.7 Å². The van der Waals surface area contributed by atoms with Crippen LogP contribution >= 0.6 is 18.9 Å². The molecule has 0 atom stereocenters. The monoisotopic (exact) mass is 401 g/mol. The zero-order valence-electron chi connectivity index (χ0n) is 13.6. The summed E-state index contributed by atoms with van der Waals surface area (Å²) in [7, 11) is -1.22. The molecule has 2 rings (SSSR count). The van der Waals surface area contributed by atoms with Gasteiger partial charge in [-0.3, -0.25) is 4.79 Å². The molecule has 1 saturated carbocycles. The molecule has 0 saturated heterocycles. The van der Waals surface area contributed by atoms with Crippen molar-refractivity contribution in [2.24, 2.45) is 0 Å². The molecular formula is C16H24ClNOPY+. The normalized spacial score (nSPS) is 16.7. The Labute approximate surface area is 159 Å². The van der Waals surface area contributed by atoms with Crippen molar-refractivity contribution in [1.29, 1.82) is 0 Å². The second kappa shape index (κ2) is 6.95. The number of aryl methyl sites for hydroxylation is 2. The predicted molar refractivity (Wildman–Crippen MR) is 90.8 cm³/mol. The molecule has 1 N–H and O–H groups in total. The number of benzene rings is 1. The Balaban J connectivity index is 0.00000220. The van der Waals surface area contributed by atoms with Crippen molar-refractivity contribution in [1.82, 2.24) is 0 Å². The smallest absolute Gasteiger partial charge is 0.268 e. The maximum atomic E-state index is 12.8. The number of anilines is 1. The first-order valence-corrected chi connectivity index (χ1v) is 10.6. The molecule has 0 aliphatic heterocycles. The number of carbonyl (C=O) groups excluding carboxylic acids is 1. The van der Waals surface area contributed by atoms with Gasteiger partial charge in [0.15, 0.2) is 5.16 Å². The summed E-state index contributed by atoms with van der Waals surface area (Å²) in [6.07, 6.45) is 3.23. The van der Waals surface area contributed by atoms with E-state index in [1.807, 2.05) is 26.0 Å². The van der Waals surface area contributed by atoms with Crippen molar-refractivity contribution in [3.05, 3.63) is 28.3 Å². The topological polar surface area (TPSA) is 29.1 Å². The zero-order chi connectivity index (χ0) is 15.1. The van der Waals surface area contributed by atoms with Gasteiger partial charge in [0.25, 0.3) is 5.91 Å². The summed E-state index contributed by atoms with van der Waals surface area (Å²) >= 11 is 6.05.